The van der Waals surface area contributed by atoms with Crippen molar-refractivity contribution in [1.29, 1.82) is 0 Å². The summed E-state index contributed by atoms with van der Waals surface area (Å²) in [5.74, 6) is -1.09. The molecule has 2 aliphatic carbocycles. The van der Waals surface area contributed by atoms with Crippen molar-refractivity contribution in [3.63, 3.8) is 0 Å². The number of rotatable bonds is 15. The molecule has 2 saturated carbocycles. The molecule has 1 saturated heterocycles. The number of nitrogens with one attached hydrogen (secondary N) is 2. The van der Waals surface area contributed by atoms with Crippen molar-refractivity contribution < 1.29 is 53.2 Å². The largest absolute Gasteiger partial charge is 0.468 e. The van der Waals surface area contributed by atoms with Crippen LogP contribution in [0.5, 0.6) is 0 Å². The number of hydrogen-bond donors (Lipinski definition) is 3. The number of hydroxylamine groups is 2. The Labute approximate surface area is 327 Å². The molecule has 2 heterocycles. The first-order valence-corrected chi connectivity index (χ1v) is 19.4. The number of pyridine rings is 1. The van der Waals surface area contributed by atoms with E-state index in [1.165, 1.54) is 52.7 Å². The number of esters is 2. The van der Waals surface area contributed by atoms with E-state index in [1.54, 1.807) is 45.1 Å². The minimum atomic E-state index is -0.571. The van der Waals surface area contributed by atoms with Crippen molar-refractivity contribution in [2.24, 2.45) is 5.92 Å². The number of amides is 3. The molecule has 1 aliphatic heterocycles. The Balaban J connectivity index is 0.000000387. The fourth-order valence-corrected chi connectivity index (χ4v) is 5.72. The first-order chi connectivity index (χ1) is 26.2. The molecule has 3 fully saturated rings. The Kier molecular flexibility index (Phi) is 26.5. The van der Waals surface area contributed by atoms with Gasteiger partial charge in [0.05, 0.1) is 25.7 Å². The molecule has 1 aromatic rings. The predicted molar refractivity (Wildman–Crippen MR) is 205 cm³/mol. The smallest absolute Gasteiger partial charge is 0.336 e. The number of aromatic nitrogens is 1. The molecule has 3 amide bonds. The van der Waals surface area contributed by atoms with E-state index >= 15 is 0 Å². The lowest BCUT2D eigenvalue weighted by Gasteiger charge is -2.22. The van der Waals surface area contributed by atoms with E-state index in [2.05, 4.69) is 30.2 Å². The molecule has 4 rings (SSSR count). The number of nitrogens with zero attached hydrogens (tertiary/aromatic N) is 3. The molecule has 0 bridgehead atoms. The molecule has 3 aliphatic rings. The van der Waals surface area contributed by atoms with Gasteiger partial charge in [-0.3, -0.25) is 24.2 Å². The SMILES string of the molecule is CN1CC(C(=O)NCCOC2CCCCC2)CC1=O.COC(=O)CN(C)OOCC(=O)OC(C)(C)C.O=C(CCCO)NC1CCCCC1.c1ccncc1. The first-order valence-electron chi connectivity index (χ1n) is 19.4. The summed E-state index contributed by atoms with van der Waals surface area (Å²) in [6.45, 7) is 6.54. The van der Waals surface area contributed by atoms with Gasteiger partial charge in [-0.25, -0.2) is 9.68 Å². The number of carbonyl (C=O) groups excluding carboxylic acids is 5. The highest BCUT2D eigenvalue weighted by Gasteiger charge is 2.31. The molecule has 0 radical (unpaired) electrons. The van der Waals surface area contributed by atoms with Crippen molar-refractivity contribution in [3.05, 3.63) is 30.6 Å². The number of likely N-dealkylation sites (tertiary alicyclic amines) is 1. The third kappa shape index (κ3) is 26.7. The quantitative estimate of drug-likeness (QED) is 0.101. The summed E-state index contributed by atoms with van der Waals surface area (Å²) in [4.78, 5) is 71.1. The Morgan fingerprint density at radius 2 is 1.60 bits per heavy atom. The molecule has 1 atom stereocenters. The lowest BCUT2D eigenvalue weighted by molar-refractivity contribution is -0.413. The van der Waals surface area contributed by atoms with Crippen LogP contribution in [0, 0.1) is 5.92 Å². The Morgan fingerprint density at radius 3 is 2.11 bits per heavy atom. The summed E-state index contributed by atoms with van der Waals surface area (Å²) in [7, 11) is 4.46. The van der Waals surface area contributed by atoms with Gasteiger partial charge in [0.15, 0.2) is 6.61 Å². The summed E-state index contributed by atoms with van der Waals surface area (Å²) in [6.07, 6.45) is 17.4. The molecule has 1 unspecified atom stereocenters. The van der Waals surface area contributed by atoms with Gasteiger partial charge in [-0.2, -0.15) is 0 Å². The van der Waals surface area contributed by atoms with Gasteiger partial charge in [-0.1, -0.05) is 44.6 Å². The molecule has 55 heavy (non-hydrogen) atoms. The highest BCUT2D eigenvalue weighted by atomic mass is 17.3. The lowest BCUT2D eigenvalue weighted by Crippen LogP contribution is -2.36. The van der Waals surface area contributed by atoms with E-state index in [9.17, 15) is 24.0 Å². The van der Waals surface area contributed by atoms with Crippen LogP contribution in [0.15, 0.2) is 30.6 Å². The van der Waals surface area contributed by atoms with Gasteiger partial charge in [-0.15, -0.1) is 10.1 Å². The van der Waals surface area contributed by atoms with E-state index in [0.29, 0.717) is 51.1 Å². The van der Waals surface area contributed by atoms with Crippen LogP contribution < -0.4 is 10.6 Å². The van der Waals surface area contributed by atoms with Crippen molar-refractivity contribution >= 4 is 29.7 Å². The van der Waals surface area contributed by atoms with E-state index in [-0.39, 0.29) is 43.4 Å². The summed E-state index contributed by atoms with van der Waals surface area (Å²) < 4.78 is 15.1. The fraction of sp³-hybridized carbons (Fsp3) is 0.744. The number of methoxy groups -OCH3 is 1. The number of aliphatic hydroxyl groups excluding tert-OH is 1. The van der Waals surface area contributed by atoms with Gasteiger partial charge in [0.1, 0.15) is 12.1 Å². The summed E-state index contributed by atoms with van der Waals surface area (Å²) in [5.41, 5.74) is -0.571. The number of carbonyl (C=O) groups is 5. The maximum Gasteiger partial charge on any atom is 0.336 e. The molecule has 314 valence electrons. The normalized spacial score (nSPS) is 17.3. The van der Waals surface area contributed by atoms with E-state index in [1.807, 2.05) is 18.2 Å². The third-order valence-corrected chi connectivity index (χ3v) is 8.47. The topological polar surface area (TPSA) is 195 Å². The molecule has 16 nitrogen and oxygen atoms in total. The first kappa shape index (κ1) is 49.3. The Hall–Kier alpha value is -3.70. The maximum absolute atomic E-state index is 11.8. The summed E-state index contributed by atoms with van der Waals surface area (Å²) in [5, 5.41) is 15.5. The zero-order chi connectivity index (χ0) is 40.9. The van der Waals surface area contributed by atoms with Crippen molar-refractivity contribution in [3.8, 4) is 0 Å². The maximum atomic E-state index is 11.8. The van der Waals surface area contributed by atoms with Crippen LogP contribution in [0.3, 0.4) is 0 Å². The van der Waals surface area contributed by atoms with E-state index in [0.717, 1.165) is 30.7 Å². The lowest BCUT2D eigenvalue weighted by atomic mass is 9.95. The molecule has 0 spiro atoms. The van der Waals surface area contributed by atoms with Crippen molar-refractivity contribution in [2.45, 2.75) is 122 Å². The summed E-state index contributed by atoms with van der Waals surface area (Å²) >= 11 is 0. The number of hydrogen-bond acceptors (Lipinski definition) is 13. The third-order valence-electron chi connectivity index (χ3n) is 8.47. The highest BCUT2D eigenvalue weighted by molar-refractivity contribution is 5.89. The van der Waals surface area contributed by atoms with Gasteiger partial charge < -0.3 is 34.9 Å². The van der Waals surface area contributed by atoms with Crippen LogP contribution in [-0.2, 0) is 48.1 Å². The second-order valence-electron chi connectivity index (χ2n) is 14.6. The molecule has 3 N–H and O–H groups in total. The minimum Gasteiger partial charge on any atom is -0.468 e. The molecule has 0 aromatic carbocycles. The number of ether oxygens (including phenoxy) is 3. The van der Waals surface area contributed by atoms with Crippen LogP contribution in [-0.4, -0.2) is 128 Å². The zero-order valence-corrected chi connectivity index (χ0v) is 33.9. The molecular formula is C39H67N5O11. The van der Waals surface area contributed by atoms with Gasteiger partial charge in [0, 0.05) is 65.1 Å². The second-order valence-corrected chi connectivity index (χ2v) is 14.6. The van der Waals surface area contributed by atoms with Gasteiger partial charge in [-0.05, 0) is 65.0 Å². The monoisotopic (exact) mass is 781 g/mol. The van der Waals surface area contributed by atoms with Crippen LogP contribution >= 0.6 is 0 Å². The molecular weight excluding hydrogens is 714 g/mol. The Bertz CT molecular complexity index is 1180. The minimum absolute atomic E-state index is 0.0232. The Morgan fingerprint density at radius 1 is 0.964 bits per heavy atom. The van der Waals surface area contributed by atoms with Crippen LogP contribution in [0.4, 0.5) is 0 Å². The predicted octanol–water partition coefficient (Wildman–Crippen LogP) is 3.52. The van der Waals surface area contributed by atoms with Crippen LogP contribution in [0.2, 0.25) is 0 Å². The fourth-order valence-electron chi connectivity index (χ4n) is 5.72. The van der Waals surface area contributed by atoms with Gasteiger partial charge in [0.25, 0.3) is 0 Å². The zero-order valence-electron chi connectivity index (χ0n) is 33.9. The number of likely N-dealkylation sites (N-methyl/N-ethyl adjacent to an activating group) is 1. The van der Waals surface area contributed by atoms with Crippen molar-refractivity contribution in [2.75, 3.05) is 60.7 Å². The molecule has 16 heteroatoms. The second kappa shape index (κ2) is 29.6. The van der Waals surface area contributed by atoms with E-state index < -0.39 is 17.5 Å². The molecule has 1 aromatic heterocycles. The average molecular weight is 782 g/mol. The summed E-state index contributed by atoms with van der Waals surface area (Å²) in [6, 6.07) is 6.12. The highest BCUT2D eigenvalue weighted by Crippen LogP contribution is 2.20. The van der Waals surface area contributed by atoms with Gasteiger partial charge in [0.2, 0.25) is 17.7 Å². The van der Waals surface area contributed by atoms with E-state index in [4.69, 9.17) is 14.6 Å². The van der Waals surface area contributed by atoms with Gasteiger partial charge >= 0.3 is 11.9 Å². The van der Waals surface area contributed by atoms with Crippen molar-refractivity contribution in [1.82, 2.24) is 25.6 Å². The van der Waals surface area contributed by atoms with Crippen LogP contribution in [0.1, 0.15) is 104 Å². The number of aliphatic hydroxyl groups is 1. The standard InChI is InChI=1S/C14H24N2O3.C10H19NO6.C10H19NO2.C5H5N/c1-16-10-11(9-13(16)17)14(18)15-7-8-19-12-5-3-2-4-6-12;1-10(2,3)16-9(13)7-15-17-11(4)6-8(12)14-5;12-8-4-7-10(13)11-9-5-2-1-3-6-9;1-2-4-6-5-3-1/h11-12H,2-10H2,1H3,(H,15,18);6-7H2,1-5H3;9,12H,1-8H2,(H,11,13);1-5H. The average Bonchev–Trinajstić information content (AvgIpc) is 3.51. The van der Waals surface area contributed by atoms with Crippen LogP contribution in [0.25, 0.3) is 0 Å².